The summed E-state index contributed by atoms with van der Waals surface area (Å²) in [6, 6.07) is 6.45. The number of nitrogens with one attached hydrogen (secondary N) is 2. The Bertz CT molecular complexity index is 641. The largest absolute Gasteiger partial charge is 0.491 e. The molecule has 0 radical (unpaired) electrons. The van der Waals surface area contributed by atoms with E-state index < -0.39 is 0 Å². The van der Waals surface area contributed by atoms with Gasteiger partial charge in [-0.25, -0.2) is 4.79 Å². The zero-order chi connectivity index (χ0) is 17.8. The zero-order valence-corrected chi connectivity index (χ0v) is 15.0. The van der Waals surface area contributed by atoms with E-state index >= 15 is 0 Å². The zero-order valence-electron chi connectivity index (χ0n) is 15.0. The predicted molar refractivity (Wildman–Crippen MR) is 95.5 cm³/mol. The number of ether oxygens (including phenoxy) is 1. The summed E-state index contributed by atoms with van der Waals surface area (Å²) < 4.78 is 5.77. The molecule has 0 spiro atoms. The van der Waals surface area contributed by atoms with Crippen LogP contribution in [-0.4, -0.2) is 42.1 Å². The summed E-state index contributed by atoms with van der Waals surface area (Å²) in [5.41, 5.74) is 2.09. The van der Waals surface area contributed by atoms with E-state index in [1.165, 1.54) is 0 Å². The second kappa shape index (κ2) is 7.76. The third-order valence-electron chi connectivity index (χ3n) is 4.39. The minimum Gasteiger partial charge on any atom is -0.491 e. The molecule has 2 aliphatic rings. The molecular formula is C19H27N3O3. The van der Waals surface area contributed by atoms with E-state index in [-0.39, 0.29) is 18.0 Å². The average Bonchev–Trinajstić information content (AvgIpc) is 3.37. The van der Waals surface area contributed by atoms with Gasteiger partial charge in [0.2, 0.25) is 5.91 Å². The summed E-state index contributed by atoms with van der Waals surface area (Å²) in [7, 11) is 0. The van der Waals surface area contributed by atoms with Crippen molar-refractivity contribution in [2.75, 3.05) is 13.2 Å². The lowest BCUT2D eigenvalue weighted by atomic mass is 10.0. The molecule has 1 aromatic carbocycles. The van der Waals surface area contributed by atoms with E-state index in [9.17, 15) is 9.59 Å². The summed E-state index contributed by atoms with van der Waals surface area (Å²) in [6.07, 6.45) is 3.41. The molecule has 1 aliphatic carbocycles. The molecule has 1 saturated carbocycles. The topological polar surface area (TPSA) is 70.7 Å². The maximum Gasteiger partial charge on any atom is 0.318 e. The molecule has 2 N–H and O–H groups in total. The molecule has 6 nitrogen and oxygen atoms in total. The van der Waals surface area contributed by atoms with Gasteiger partial charge in [0.25, 0.3) is 0 Å². The first-order chi connectivity index (χ1) is 12.0. The van der Waals surface area contributed by atoms with Gasteiger partial charge in [-0.05, 0) is 44.7 Å². The van der Waals surface area contributed by atoms with Crippen LogP contribution in [0.2, 0.25) is 0 Å². The molecule has 0 atom stereocenters. The van der Waals surface area contributed by atoms with Crippen molar-refractivity contribution in [2.24, 2.45) is 0 Å². The normalized spacial score (nSPS) is 16.7. The summed E-state index contributed by atoms with van der Waals surface area (Å²) in [4.78, 5) is 25.9. The highest BCUT2D eigenvalue weighted by atomic mass is 16.5. The van der Waals surface area contributed by atoms with E-state index in [1.54, 1.807) is 4.90 Å². The molecule has 0 saturated heterocycles. The number of aryl methyl sites for hydroxylation is 1. The van der Waals surface area contributed by atoms with Gasteiger partial charge in [-0.2, -0.15) is 0 Å². The van der Waals surface area contributed by atoms with Crippen LogP contribution in [0.3, 0.4) is 0 Å². The van der Waals surface area contributed by atoms with Gasteiger partial charge in [0.05, 0.1) is 13.1 Å². The molecule has 1 heterocycles. The van der Waals surface area contributed by atoms with Crippen LogP contribution >= 0.6 is 0 Å². The minimum atomic E-state index is -0.0688. The standard InChI is InChI=1S/C19H27N3O3/c1-13(2)20-19(24)22-9-10-25-17-7-3-14(11-15(17)12-22)4-8-18(23)21-16-5-6-16/h3,7,11,13,16H,4-6,8-10,12H2,1-2H3,(H,20,24)(H,21,23). The highest BCUT2D eigenvalue weighted by molar-refractivity contribution is 5.77. The Hall–Kier alpha value is -2.24. The quantitative estimate of drug-likeness (QED) is 0.859. The van der Waals surface area contributed by atoms with Gasteiger partial charge in [0, 0.05) is 24.1 Å². The van der Waals surface area contributed by atoms with Crippen LogP contribution in [-0.2, 0) is 17.8 Å². The molecule has 1 aromatic rings. The summed E-state index contributed by atoms with van der Waals surface area (Å²) >= 11 is 0. The number of carbonyl (C=O) groups is 2. The Morgan fingerprint density at radius 1 is 1.32 bits per heavy atom. The van der Waals surface area contributed by atoms with Crippen molar-refractivity contribution in [1.29, 1.82) is 0 Å². The average molecular weight is 345 g/mol. The highest BCUT2D eigenvalue weighted by Crippen LogP contribution is 2.25. The SMILES string of the molecule is CC(C)NC(=O)N1CCOc2ccc(CCC(=O)NC3CC3)cc2C1. The van der Waals surface area contributed by atoms with Gasteiger partial charge in [0.1, 0.15) is 12.4 Å². The van der Waals surface area contributed by atoms with Crippen LogP contribution < -0.4 is 15.4 Å². The number of nitrogens with zero attached hydrogens (tertiary/aromatic N) is 1. The number of carbonyl (C=O) groups excluding carboxylic acids is 2. The lowest BCUT2D eigenvalue weighted by Crippen LogP contribution is -2.43. The van der Waals surface area contributed by atoms with Crippen LogP contribution in [0.15, 0.2) is 18.2 Å². The van der Waals surface area contributed by atoms with Crippen molar-refractivity contribution in [2.45, 2.75) is 58.2 Å². The van der Waals surface area contributed by atoms with Crippen molar-refractivity contribution in [3.8, 4) is 5.75 Å². The maximum atomic E-state index is 12.3. The number of benzene rings is 1. The van der Waals surface area contributed by atoms with Crippen molar-refractivity contribution in [3.63, 3.8) is 0 Å². The van der Waals surface area contributed by atoms with Crippen molar-refractivity contribution >= 4 is 11.9 Å². The fourth-order valence-electron chi connectivity index (χ4n) is 2.90. The summed E-state index contributed by atoms with van der Waals surface area (Å²) in [5, 5.41) is 5.94. The molecule has 3 rings (SSSR count). The number of hydrogen-bond acceptors (Lipinski definition) is 3. The van der Waals surface area contributed by atoms with Crippen LogP contribution in [0.5, 0.6) is 5.75 Å². The van der Waals surface area contributed by atoms with Crippen molar-refractivity contribution < 1.29 is 14.3 Å². The Morgan fingerprint density at radius 2 is 2.12 bits per heavy atom. The molecule has 1 fully saturated rings. The Labute approximate surface area is 148 Å². The number of hydrogen-bond donors (Lipinski definition) is 2. The minimum absolute atomic E-state index is 0.0688. The van der Waals surface area contributed by atoms with E-state index in [2.05, 4.69) is 16.7 Å². The van der Waals surface area contributed by atoms with Gasteiger partial charge < -0.3 is 20.3 Å². The lowest BCUT2D eigenvalue weighted by Gasteiger charge is -2.22. The van der Waals surface area contributed by atoms with E-state index in [1.807, 2.05) is 26.0 Å². The molecule has 6 heteroatoms. The van der Waals surface area contributed by atoms with Gasteiger partial charge in [-0.1, -0.05) is 12.1 Å². The second-order valence-corrected chi connectivity index (χ2v) is 7.16. The van der Waals surface area contributed by atoms with Gasteiger partial charge in [-0.15, -0.1) is 0 Å². The molecular weight excluding hydrogens is 318 g/mol. The fourth-order valence-corrected chi connectivity index (χ4v) is 2.90. The van der Waals surface area contributed by atoms with E-state index in [4.69, 9.17) is 4.74 Å². The fraction of sp³-hybridized carbons (Fsp3) is 0.579. The number of fused-ring (bicyclic) bond motifs is 1. The first-order valence-electron chi connectivity index (χ1n) is 9.10. The van der Waals surface area contributed by atoms with Crippen LogP contribution in [0.4, 0.5) is 4.79 Å². The summed E-state index contributed by atoms with van der Waals surface area (Å²) in [6.45, 7) is 5.47. The van der Waals surface area contributed by atoms with Gasteiger partial charge >= 0.3 is 6.03 Å². The van der Waals surface area contributed by atoms with Crippen LogP contribution in [0, 0.1) is 0 Å². The lowest BCUT2D eigenvalue weighted by molar-refractivity contribution is -0.121. The molecule has 0 aromatic heterocycles. The van der Waals surface area contributed by atoms with Crippen molar-refractivity contribution in [1.82, 2.24) is 15.5 Å². The Balaban J connectivity index is 1.62. The third-order valence-corrected chi connectivity index (χ3v) is 4.39. The first kappa shape index (κ1) is 17.6. The number of urea groups is 1. The molecule has 0 bridgehead atoms. The third kappa shape index (κ3) is 5.11. The number of amides is 3. The molecule has 136 valence electrons. The monoisotopic (exact) mass is 345 g/mol. The Morgan fingerprint density at radius 3 is 2.84 bits per heavy atom. The smallest absolute Gasteiger partial charge is 0.318 e. The second-order valence-electron chi connectivity index (χ2n) is 7.16. The molecule has 1 aliphatic heterocycles. The van der Waals surface area contributed by atoms with Crippen LogP contribution in [0.1, 0.15) is 44.2 Å². The predicted octanol–water partition coefficient (Wildman–Crippen LogP) is 2.21. The van der Waals surface area contributed by atoms with Crippen LogP contribution in [0.25, 0.3) is 0 Å². The summed E-state index contributed by atoms with van der Waals surface area (Å²) in [5.74, 6) is 0.942. The van der Waals surface area contributed by atoms with E-state index in [0.717, 1.165) is 29.7 Å². The molecule has 0 unspecified atom stereocenters. The number of rotatable bonds is 5. The first-order valence-corrected chi connectivity index (χ1v) is 9.10. The maximum absolute atomic E-state index is 12.3. The molecule has 25 heavy (non-hydrogen) atoms. The molecule has 3 amide bonds. The van der Waals surface area contributed by atoms with Crippen molar-refractivity contribution in [3.05, 3.63) is 29.3 Å². The van der Waals surface area contributed by atoms with Gasteiger partial charge in [0.15, 0.2) is 0 Å². The van der Waals surface area contributed by atoms with E-state index in [0.29, 0.717) is 38.6 Å². The Kier molecular flexibility index (Phi) is 5.46. The highest BCUT2D eigenvalue weighted by Gasteiger charge is 2.23. The van der Waals surface area contributed by atoms with Gasteiger partial charge in [-0.3, -0.25) is 4.79 Å².